The zero-order valence-electron chi connectivity index (χ0n) is 14.8. The summed E-state index contributed by atoms with van der Waals surface area (Å²) in [5.74, 6) is 1.69. The molecule has 1 aromatic heterocycles. The van der Waals surface area contributed by atoms with Gasteiger partial charge in [-0.1, -0.05) is 15.9 Å². The van der Waals surface area contributed by atoms with Gasteiger partial charge in [0.15, 0.2) is 0 Å². The number of benzene rings is 1. The largest absolute Gasteiger partial charge is 0.444 e. The minimum Gasteiger partial charge on any atom is -0.444 e. The number of nitrogens with zero attached hydrogens (tertiary/aromatic N) is 2. The fraction of sp³-hybridized carbons (Fsp3) is 0.579. The van der Waals surface area contributed by atoms with E-state index in [1.54, 1.807) is 0 Å². The van der Waals surface area contributed by atoms with E-state index in [2.05, 4.69) is 34.1 Å². The van der Waals surface area contributed by atoms with Crippen LogP contribution in [0.3, 0.4) is 0 Å². The van der Waals surface area contributed by atoms with E-state index in [4.69, 9.17) is 9.72 Å². The molecule has 1 saturated carbocycles. The third-order valence-electron chi connectivity index (χ3n) is 5.12. The van der Waals surface area contributed by atoms with Crippen molar-refractivity contribution in [2.75, 3.05) is 13.1 Å². The topological polar surface area (TPSA) is 42.4 Å². The highest BCUT2D eigenvalue weighted by Crippen LogP contribution is 2.47. The quantitative estimate of drug-likeness (QED) is 0.615. The molecule has 1 aliphatic carbocycles. The molecule has 4 rings (SSSR count). The summed E-state index contributed by atoms with van der Waals surface area (Å²) in [6.07, 6.45) is 2.10. The summed E-state index contributed by atoms with van der Waals surface area (Å²) in [5, 5.41) is 1.26. The molecule has 0 N–H and O–H groups in total. The molecule has 2 fully saturated rings. The van der Waals surface area contributed by atoms with E-state index in [0.29, 0.717) is 17.8 Å². The predicted octanol–water partition coefficient (Wildman–Crippen LogP) is 5.42. The van der Waals surface area contributed by atoms with Gasteiger partial charge in [0, 0.05) is 23.5 Å². The zero-order valence-corrected chi connectivity index (χ0v) is 17.2. The molecular weight excluding hydrogens is 400 g/mol. The maximum absolute atomic E-state index is 12.3. The fourth-order valence-corrected chi connectivity index (χ4v) is 5.49. The Bertz CT molecular complexity index is 799. The number of ether oxygens (including phenoxy) is 1. The number of likely N-dealkylation sites (tertiary alicyclic amines) is 1. The van der Waals surface area contributed by atoms with Crippen molar-refractivity contribution >= 4 is 43.6 Å². The van der Waals surface area contributed by atoms with E-state index < -0.39 is 5.60 Å². The maximum Gasteiger partial charge on any atom is 0.410 e. The monoisotopic (exact) mass is 422 g/mol. The van der Waals surface area contributed by atoms with Crippen molar-refractivity contribution in [2.45, 2.75) is 45.1 Å². The van der Waals surface area contributed by atoms with Gasteiger partial charge in [-0.2, -0.15) is 0 Å². The normalized spacial score (nSPS) is 26.2. The summed E-state index contributed by atoms with van der Waals surface area (Å²) in [6.45, 7) is 7.41. The van der Waals surface area contributed by atoms with Gasteiger partial charge in [-0.05, 0) is 63.6 Å². The minimum atomic E-state index is -0.424. The number of hydrogen-bond donors (Lipinski definition) is 0. The highest BCUT2D eigenvalue weighted by atomic mass is 79.9. The molecule has 2 aromatic rings. The third-order valence-corrected chi connectivity index (χ3v) is 6.81. The summed E-state index contributed by atoms with van der Waals surface area (Å²) in [5.41, 5.74) is 0.661. The van der Waals surface area contributed by atoms with Crippen molar-refractivity contribution in [3.63, 3.8) is 0 Å². The van der Waals surface area contributed by atoms with Crippen LogP contribution in [-0.4, -0.2) is 34.7 Å². The Hall–Kier alpha value is -1.14. The molecule has 134 valence electrons. The van der Waals surface area contributed by atoms with E-state index in [-0.39, 0.29) is 6.09 Å². The molecule has 1 amide bonds. The van der Waals surface area contributed by atoms with E-state index >= 15 is 0 Å². The second kappa shape index (κ2) is 6.23. The van der Waals surface area contributed by atoms with Crippen molar-refractivity contribution in [2.24, 2.45) is 11.8 Å². The molecule has 0 spiro atoms. The average Bonchev–Trinajstić information content (AvgIpc) is 3.15. The van der Waals surface area contributed by atoms with Crippen LogP contribution in [0.1, 0.15) is 44.5 Å². The first-order valence-corrected chi connectivity index (χ1v) is 10.4. The van der Waals surface area contributed by atoms with Crippen molar-refractivity contribution in [3.8, 4) is 0 Å². The number of amides is 1. The lowest BCUT2D eigenvalue weighted by molar-refractivity contribution is 0.0279. The average molecular weight is 423 g/mol. The summed E-state index contributed by atoms with van der Waals surface area (Å²) < 4.78 is 7.85. The molecule has 1 aromatic carbocycles. The van der Waals surface area contributed by atoms with Gasteiger partial charge >= 0.3 is 6.09 Å². The Kier molecular flexibility index (Phi) is 4.31. The van der Waals surface area contributed by atoms with Crippen molar-refractivity contribution in [1.82, 2.24) is 9.88 Å². The summed E-state index contributed by atoms with van der Waals surface area (Å²) in [7, 11) is 0. The summed E-state index contributed by atoms with van der Waals surface area (Å²) in [4.78, 5) is 19.0. The second-order valence-electron chi connectivity index (χ2n) is 8.24. The van der Waals surface area contributed by atoms with Gasteiger partial charge in [-0.3, -0.25) is 0 Å². The number of carbonyl (C=O) groups excluding carboxylic acids is 1. The Morgan fingerprint density at radius 1 is 1.28 bits per heavy atom. The van der Waals surface area contributed by atoms with Crippen LogP contribution < -0.4 is 0 Å². The maximum atomic E-state index is 12.3. The van der Waals surface area contributed by atoms with Gasteiger partial charge in [0.05, 0.1) is 15.2 Å². The van der Waals surface area contributed by atoms with Gasteiger partial charge < -0.3 is 9.64 Å². The number of aromatic nitrogens is 1. The molecule has 2 heterocycles. The standard InChI is InChI=1S/C19H23BrN2O2S/c1-19(2,3)24-18(23)22-9-12-6-11(7-13(12)10-22)17-21-15-8-14(20)4-5-16(15)25-17/h4-5,8,11-13H,6-7,9-10H2,1-3H3. The summed E-state index contributed by atoms with van der Waals surface area (Å²) >= 11 is 5.34. The third kappa shape index (κ3) is 3.56. The molecule has 2 aliphatic rings. The van der Waals surface area contributed by atoms with Crippen molar-refractivity contribution < 1.29 is 9.53 Å². The lowest BCUT2D eigenvalue weighted by Gasteiger charge is -2.25. The van der Waals surface area contributed by atoms with Gasteiger partial charge in [0.2, 0.25) is 0 Å². The Labute approximate surface area is 160 Å². The highest BCUT2D eigenvalue weighted by molar-refractivity contribution is 9.10. The molecule has 6 heteroatoms. The molecule has 2 unspecified atom stereocenters. The lowest BCUT2D eigenvalue weighted by atomic mass is 10.0. The molecule has 1 aliphatic heterocycles. The fourth-order valence-electron chi connectivity index (χ4n) is 4.07. The SMILES string of the molecule is CC(C)(C)OC(=O)N1CC2CC(c3nc4cc(Br)ccc4s3)CC2C1. The molecule has 1 saturated heterocycles. The smallest absolute Gasteiger partial charge is 0.410 e. The van der Waals surface area contributed by atoms with Crippen LogP contribution in [0.25, 0.3) is 10.2 Å². The number of rotatable bonds is 1. The molecule has 2 atom stereocenters. The number of fused-ring (bicyclic) bond motifs is 2. The number of thiazole rings is 1. The van der Waals surface area contributed by atoms with Crippen LogP contribution in [0.2, 0.25) is 0 Å². The molecule has 0 bridgehead atoms. The molecule has 4 nitrogen and oxygen atoms in total. The van der Waals surface area contributed by atoms with Crippen LogP contribution in [-0.2, 0) is 4.74 Å². The Balaban J connectivity index is 1.42. The lowest BCUT2D eigenvalue weighted by Crippen LogP contribution is -2.36. The summed E-state index contributed by atoms with van der Waals surface area (Å²) in [6, 6.07) is 6.31. The number of halogens is 1. The van der Waals surface area contributed by atoms with E-state index in [9.17, 15) is 4.79 Å². The zero-order chi connectivity index (χ0) is 17.8. The van der Waals surface area contributed by atoms with E-state index in [1.807, 2.05) is 37.0 Å². The van der Waals surface area contributed by atoms with Crippen molar-refractivity contribution in [1.29, 1.82) is 0 Å². The minimum absolute atomic E-state index is 0.164. The van der Waals surface area contributed by atoms with Gasteiger partial charge in [-0.25, -0.2) is 9.78 Å². The van der Waals surface area contributed by atoms with Gasteiger partial charge in [-0.15, -0.1) is 11.3 Å². The van der Waals surface area contributed by atoms with Crippen molar-refractivity contribution in [3.05, 3.63) is 27.7 Å². The highest BCUT2D eigenvalue weighted by Gasteiger charge is 2.44. The van der Waals surface area contributed by atoms with Crippen LogP contribution in [0.4, 0.5) is 4.79 Å². The molecule has 25 heavy (non-hydrogen) atoms. The van der Waals surface area contributed by atoms with Crippen LogP contribution >= 0.6 is 27.3 Å². The van der Waals surface area contributed by atoms with Crippen LogP contribution in [0.5, 0.6) is 0 Å². The molecule has 0 radical (unpaired) electrons. The number of carbonyl (C=O) groups is 1. The Morgan fingerprint density at radius 2 is 1.96 bits per heavy atom. The second-order valence-corrected chi connectivity index (χ2v) is 10.2. The van der Waals surface area contributed by atoms with E-state index in [0.717, 1.165) is 35.9 Å². The van der Waals surface area contributed by atoms with Gasteiger partial charge in [0.1, 0.15) is 5.60 Å². The number of hydrogen-bond acceptors (Lipinski definition) is 4. The van der Waals surface area contributed by atoms with Crippen LogP contribution in [0.15, 0.2) is 22.7 Å². The molecular formula is C19H23BrN2O2S. The van der Waals surface area contributed by atoms with E-state index in [1.165, 1.54) is 9.71 Å². The van der Waals surface area contributed by atoms with Gasteiger partial charge in [0.25, 0.3) is 0 Å². The Morgan fingerprint density at radius 3 is 2.60 bits per heavy atom. The first-order valence-electron chi connectivity index (χ1n) is 8.82. The van der Waals surface area contributed by atoms with Crippen LogP contribution in [0, 0.1) is 11.8 Å². The first-order chi connectivity index (χ1) is 11.8. The first kappa shape index (κ1) is 17.3. The predicted molar refractivity (Wildman–Crippen MR) is 104 cm³/mol.